The zero-order valence-electron chi connectivity index (χ0n) is 12.9. The number of carbonyl (C=O) groups excluding carboxylic acids is 1. The minimum Gasteiger partial charge on any atom is -0.444 e. The van der Waals surface area contributed by atoms with Crippen molar-refractivity contribution in [1.82, 2.24) is 4.90 Å². The highest BCUT2D eigenvalue weighted by Crippen LogP contribution is 2.34. The van der Waals surface area contributed by atoms with Gasteiger partial charge >= 0.3 is 6.09 Å². The van der Waals surface area contributed by atoms with E-state index in [1.807, 2.05) is 25.7 Å². The van der Waals surface area contributed by atoms with E-state index in [4.69, 9.17) is 9.84 Å². The van der Waals surface area contributed by atoms with Crippen molar-refractivity contribution in [2.45, 2.75) is 77.4 Å². The molecule has 0 radical (unpaired) electrons. The molecule has 19 heavy (non-hydrogen) atoms. The Morgan fingerprint density at radius 3 is 2.32 bits per heavy atom. The van der Waals surface area contributed by atoms with Gasteiger partial charge in [0.2, 0.25) is 0 Å². The first-order chi connectivity index (χ1) is 8.78. The number of carbonyl (C=O) groups is 1. The van der Waals surface area contributed by atoms with Crippen molar-refractivity contribution in [3.8, 4) is 0 Å². The van der Waals surface area contributed by atoms with Crippen LogP contribution in [-0.4, -0.2) is 40.4 Å². The van der Waals surface area contributed by atoms with Gasteiger partial charge in [-0.25, -0.2) is 4.79 Å². The fourth-order valence-corrected chi connectivity index (χ4v) is 2.71. The molecule has 4 nitrogen and oxygen atoms in total. The largest absolute Gasteiger partial charge is 0.444 e. The van der Waals surface area contributed by atoms with Crippen molar-refractivity contribution in [2.24, 2.45) is 0 Å². The van der Waals surface area contributed by atoms with Crippen molar-refractivity contribution in [3.05, 3.63) is 0 Å². The van der Waals surface area contributed by atoms with Gasteiger partial charge in [0.05, 0.1) is 0 Å². The van der Waals surface area contributed by atoms with Gasteiger partial charge in [0.25, 0.3) is 0 Å². The van der Waals surface area contributed by atoms with Crippen LogP contribution in [-0.2, 0) is 4.74 Å². The summed E-state index contributed by atoms with van der Waals surface area (Å²) in [5.74, 6) is 0. The molecule has 0 spiro atoms. The molecule has 0 heterocycles. The summed E-state index contributed by atoms with van der Waals surface area (Å²) in [5.41, 5.74) is -0.588. The van der Waals surface area contributed by atoms with Crippen LogP contribution in [0.5, 0.6) is 0 Å². The molecule has 0 bridgehead atoms. The Morgan fingerprint density at radius 1 is 1.26 bits per heavy atom. The van der Waals surface area contributed by atoms with Crippen molar-refractivity contribution < 1.29 is 14.6 Å². The fourth-order valence-electron chi connectivity index (χ4n) is 2.71. The molecule has 1 saturated carbocycles. The molecule has 4 heteroatoms. The van der Waals surface area contributed by atoms with Gasteiger partial charge in [-0.1, -0.05) is 19.3 Å². The monoisotopic (exact) mass is 271 g/mol. The van der Waals surface area contributed by atoms with E-state index >= 15 is 0 Å². The molecule has 1 aliphatic rings. The zero-order chi connectivity index (χ0) is 14.5. The number of nitrogens with zero attached hydrogens (tertiary/aromatic N) is 1. The summed E-state index contributed by atoms with van der Waals surface area (Å²) in [5, 5.41) is 9.03. The van der Waals surface area contributed by atoms with Crippen LogP contribution >= 0.6 is 0 Å². The molecule has 0 aromatic heterocycles. The SMILES string of the molecule is CC(C)(C)OC(=O)N(CCCO)C1(C)CCCCC1. The van der Waals surface area contributed by atoms with Crippen LogP contribution in [0.15, 0.2) is 0 Å². The molecular weight excluding hydrogens is 242 g/mol. The van der Waals surface area contributed by atoms with E-state index in [-0.39, 0.29) is 18.2 Å². The summed E-state index contributed by atoms with van der Waals surface area (Å²) in [4.78, 5) is 14.2. The molecule has 112 valence electrons. The van der Waals surface area contributed by atoms with Crippen LogP contribution < -0.4 is 0 Å². The molecule has 1 aliphatic carbocycles. The third-order valence-corrected chi connectivity index (χ3v) is 3.74. The van der Waals surface area contributed by atoms with Gasteiger partial charge in [0.15, 0.2) is 0 Å². The maximum Gasteiger partial charge on any atom is 0.410 e. The highest BCUT2D eigenvalue weighted by Gasteiger charge is 2.38. The average molecular weight is 271 g/mol. The lowest BCUT2D eigenvalue weighted by Crippen LogP contribution is -2.52. The average Bonchev–Trinajstić information content (AvgIpc) is 2.27. The van der Waals surface area contributed by atoms with Gasteiger partial charge in [-0.15, -0.1) is 0 Å². The Kier molecular flexibility index (Phi) is 5.65. The van der Waals surface area contributed by atoms with E-state index in [1.165, 1.54) is 6.42 Å². The molecule has 0 aliphatic heterocycles. The number of ether oxygens (including phenoxy) is 1. The van der Waals surface area contributed by atoms with Crippen LogP contribution in [0.1, 0.15) is 66.2 Å². The predicted molar refractivity (Wildman–Crippen MR) is 76.1 cm³/mol. The smallest absolute Gasteiger partial charge is 0.410 e. The maximum atomic E-state index is 12.4. The number of aliphatic hydroxyl groups is 1. The molecule has 1 N–H and O–H groups in total. The van der Waals surface area contributed by atoms with Crippen LogP contribution in [0, 0.1) is 0 Å². The van der Waals surface area contributed by atoms with Crippen molar-refractivity contribution in [2.75, 3.05) is 13.2 Å². The van der Waals surface area contributed by atoms with Crippen LogP contribution in [0.4, 0.5) is 4.79 Å². The van der Waals surface area contributed by atoms with Crippen LogP contribution in [0.2, 0.25) is 0 Å². The Labute approximate surface area is 117 Å². The van der Waals surface area contributed by atoms with Crippen molar-refractivity contribution >= 4 is 6.09 Å². The first-order valence-corrected chi connectivity index (χ1v) is 7.40. The topological polar surface area (TPSA) is 49.8 Å². The molecule has 0 aromatic rings. The zero-order valence-corrected chi connectivity index (χ0v) is 12.9. The second-order valence-corrected chi connectivity index (χ2v) is 6.77. The summed E-state index contributed by atoms with van der Waals surface area (Å²) in [7, 11) is 0. The first-order valence-electron chi connectivity index (χ1n) is 7.40. The number of amides is 1. The molecule has 1 amide bonds. The van der Waals surface area contributed by atoms with Gasteiger partial charge in [-0.2, -0.15) is 0 Å². The quantitative estimate of drug-likeness (QED) is 0.853. The molecule has 1 rings (SSSR count). The Balaban J connectivity index is 2.77. The van der Waals surface area contributed by atoms with E-state index < -0.39 is 5.60 Å². The lowest BCUT2D eigenvalue weighted by atomic mass is 9.82. The summed E-state index contributed by atoms with van der Waals surface area (Å²) < 4.78 is 5.52. The van der Waals surface area contributed by atoms with E-state index in [0.717, 1.165) is 25.7 Å². The Bertz CT molecular complexity index is 290. The maximum absolute atomic E-state index is 12.4. The normalized spacial score (nSPS) is 19.0. The van der Waals surface area contributed by atoms with Gasteiger partial charge in [-0.3, -0.25) is 0 Å². The lowest BCUT2D eigenvalue weighted by Gasteiger charge is -2.44. The third kappa shape index (κ3) is 5.01. The summed E-state index contributed by atoms with van der Waals surface area (Å²) in [6.07, 6.45) is 5.98. The molecular formula is C15H29NO3. The second-order valence-electron chi connectivity index (χ2n) is 6.77. The number of aliphatic hydroxyl groups excluding tert-OH is 1. The van der Waals surface area contributed by atoms with E-state index in [2.05, 4.69) is 6.92 Å². The lowest BCUT2D eigenvalue weighted by molar-refractivity contribution is -0.0100. The minimum atomic E-state index is -0.473. The van der Waals surface area contributed by atoms with E-state index in [0.29, 0.717) is 13.0 Å². The highest BCUT2D eigenvalue weighted by molar-refractivity contribution is 5.69. The molecule has 0 atom stereocenters. The first kappa shape index (κ1) is 16.3. The standard InChI is InChI=1S/C15H29NO3/c1-14(2,3)19-13(18)16(11-8-12-17)15(4)9-6-5-7-10-15/h17H,5-12H2,1-4H3. The van der Waals surface area contributed by atoms with Gasteiger partial charge in [0, 0.05) is 18.7 Å². The fraction of sp³-hybridized carbons (Fsp3) is 0.933. The molecule has 1 fully saturated rings. The number of hydrogen-bond acceptors (Lipinski definition) is 3. The van der Waals surface area contributed by atoms with Crippen LogP contribution in [0.3, 0.4) is 0 Å². The second kappa shape index (κ2) is 6.60. The Morgan fingerprint density at radius 2 is 1.84 bits per heavy atom. The van der Waals surface area contributed by atoms with Gasteiger partial charge < -0.3 is 14.7 Å². The summed E-state index contributed by atoms with van der Waals surface area (Å²) in [6, 6.07) is 0. The number of rotatable bonds is 4. The van der Waals surface area contributed by atoms with E-state index in [9.17, 15) is 4.79 Å². The molecule has 0 aromatic carbocycles. The van der Waals surface area contributed by atoms with Gasteiger partial charge in [0.1, 0.15) is 5.60 Å². The highest BCUT2D eigenvalue weighted by atomic mass is 16.6. The summed E-state index contributed by atoms with van der Waals surface area (Å²) >= 11 is 0. The minimum absolute atomic E-state index is 0.107. The molecule has 0 saturated heterocycles. The number of hydrogen-bond donors (Lipinski definition) is 1. The third-order valence-electron chi connectivity index (χ3n) is 3.74. The Hall–Kier alpha value is -0.770. The summed E-state index contributed by atoms with van der Waals surface area (Å²) in [6.45, 7) is 8.49. The van der Waals surface area contributed by atoms with Crippen molar-refractivity contribution in [1.29, 1.82) is 0 Å². The predicted octanol–water partition coefficient (Wildman–Crippen LogP) is 3.33. The molecule has 0 unspecified atom stereocenters. The van der Waals surface area contributed by atoms with E-state index in [1.54, 1.807) is 0 Å². The van der Waals surface area contributed by atoms with Gasteiger partial charge in [-0.05, 0) is 47.0 Å². The van der Waals surface area contributed by atoms with Crippen LogP contribution in [0.25, 0.3) is 0 Å². The van der Waals surface area contributed by atoms with Crippen molar-refractivity contribution in [3.63, 3.8) is 0 Å².